The fourth-order valence-electron chi connectivity index (χ4n) is 1.33. The Hall–Kier alpha value is -0.200. The summed E-state index contributed by atoms with van der Waals surface area (Å²) < 4.78 is 0. The van der Waals surface area contributed by atoms with Crippen molar-refractivity contribution in [1.29, 1.82) is 5.26 Å². The summed E-state index contributed by atoms with van der Waals surface area (Å²) >= 11 is 1.89. The molecule has 0 saturated carbocycles. The first-order valence-corrected chi connectivity index (χ1v) is 7.00. The van der Waals surface area contributed by atoms with Gasteiger partial charge in [0.15, 0.2) is 0 Å². The van der Waals surface area contributed by atoms with E-state index in [4.69, 9.17) is 5.26 Å². The summed E-state index contributed by atoms with van der Waals surface area (Å²) in [5.41, 5.74) is 0.239. The number of nitrogens with zero attached hydrogens (tertiary/aromatic N) is 1. The lowest BCUT2D eigenvalue weighted by Crippen LogP contribution is -2.35. The van der Waals surface area contributed by atoms with E-state index in [9.17, 15) is 0 Å². The average Bonchev–Trinajstić information content (AvgIpc) is 2.21. The molecule has 15 heavy (non-hydrogen) atoms. The quantitative estimate of drug-likeness (QED) is 0.693. The maximum absolute atomic E-state index is 8.55. The van der Waals surface area contributed by atoms with E-state index in [0.29, 0.717) is 12.5 Å². The Kier molecular flexibility index (Phi) is 7.90. The van der Waals surface area contributed by atoms with Gasteiger partial charge in [-0.05, 0) is 37.2 Å². The van der Waals surface area contributed by atoms with Crippen molar-refractivity contribution in [2.75, 3.05) is 18.6 Å². The van der Waals surface area contributed by atoms with Crippen molar-refractivity contribution in [1.82, 2.24) is 5.32 Å². The molecule has 0 aliphatic carbocycles. The molecule has 1 unspecified atom stereocenters. The molecule has 1 atom stereocenters. The highest BCUT2D eigenvalue weighted by atomic mass is 32.2. The molecule has 0 fully saturated rings. The highest BCUT2D eigenvalue weighted by Crippen LogP contribution is 2.21. The molecule has 2 nitrogen and oxygen atoms in total. The monoisotopic (exact) mass is 228 g/mol. The van der Waals surface area contributed by atoms with Crippen LogP contribution in [0.2, 0.25) is 0 Å². The van der Waals surface area contributed by atoms with Gasteiger partial charge in [0.2, 0.25) is 0 Å². The lowest BCUT2D eigenvalue weighted by atomic mass is 9.88. The molecule has 3 heteroatoms. The normalized spacial score (nSPS) is 13.5. The van der Waals surface area contributed by atoms with Crippen LogP contribution in [-0.2, 0) is 0 Å². The van der Waals surface area contributed by atoms with E-state index in [-0.39, 0.29) is 5.41 Å². The van der Waals surface area contributed by atoms with Crippen molar-refractivity contribution >= 4 is 11.8 Å². The molecule has 0 heterocycles. The molecule has 0 amide bonds. The van der Waals surface area contributed by atoms with Crippen LogP contribution in [0.5, 0.6) is 0 Å². The third-order valence-electron chi connectivity index (χ3n) is 2.60. The molecule has 0 aromatic carbocycles. The molecule has 1 N–H and O–H groups in total. The van der Waals surface area contributed by atoms with E-state index >= 15 is 0 Å². The van der Waals surface area contributed by atoms with Crippen LogP contribution in [0.25, 0.3) is 0 Å². The molecule has 0 rings (SSSR count). The van der Waals surface area contributed by atoms with Crippen molar-refractivity contribution in [3.05, 3.63) is 0 Å². The van der Waals surface area contributed by atoms with Gasteiger partial charge in [-0.15, -0.1) is 0 Å². The predicted octanol–water partition coefficient (Wildman–Crippen LogP) is 3.05. The molecule has 0 radical (unpaired) electrons. The first kappa shape index (κ1) is 14.8. The fourth-order valence-corrected chi connectivity index (χ4v) is 1.92. The fraction of sp³-hybridized carbons (Fsp3) is 0.917. The van der Waals surface area contributed by atoms with Crippen molar-refractivity contribution in [3.8, 4) is 6.07 Å². The Morgan fingerprint density at radius 1 is 1.47 bits per heavy atom. The van der Waals surface area contributed by atoms with Gasteiger partial charge in [-0.25, -0.2) is 0 Å². The standard InChI is InChI=1S/C12H24N2S/c1-11(6-9-15-4)14-10-12(2,3)7-5-8-13/h11,14H,5-7,9-10H2,1-4H3. The number of hydrogen-bond acceptors (Lipinski definition) is 3. The number of nitrogens with one attached hydrogen (secondary N) is 1. The van der Waals surface area contributed by atoms with Crippen molar-refractivity contribution in [2.24, 2.45) is 5.41 Å². The van der Waals surface area contributed by atoms with E-state index in [0.717, 1.165) is 13.0 Å². The predicted molar refractivity (Wildman–Crippen MR) is 69.1 cm³/mol. The van der Waals surface area contributed by atoms with Crippen molar-refractivity contribution in [3.63, 3.8) is 0 Å². The van der Waals surface area contributed by atoms with Gasteiger partial charge < -0.3 is 5.32 Å². The maximum atomic E-state index is 8.55. The first-order valence-electron chi connectivity index (χ1n) is 5.61. The van der Waals surface area contributed by atoms with Crippen molar-refractivity contribution in [2.45, 2.75) is 46.1 Å². The van der Waals surface area contributed by atoms with E-state index in [1.165, 1.54) is 12.2 Å². The third-order valence-corrected chi connectivity index (χ3v) is 3.24. The summed E-state index contributed by atoms with van der Waals surface area (Å²) in [6, 6.07) is 2.80. The molecule has 0 aromatic rings. The van der Waals surface area contributed by atoms with Crippen LogP contribution in [0, 0.1) is 16.7 Å². The van der Waals surface area contributed by atoms with Crippen molar-refractivity contribution < 1.29 is 0 Å². The summed E-state index contributed by atoms with van der Waals surface area (Å²) in [5.74, 6) is 1.22. The van der Waals surface area contributed by atoms with Crippen LogP contribution in [0.4, 0.5) is 0 Å². The second-order valence-electron chi connectivity index (χ2n) is 4.89. The minimum Gasteiger partial charge on any atom is -0.314 e. The second-order valence-corrected chi connectivity index (χ2v) is 5.87. The van der Waals surface area contributed by atoms with Gasteiger partial charge >= 0.3 is 0 Å². The Balaban J connectivity index is 3.67. The maximum Gasteiger partial charge on any atom is 0.0621 e. The second kappa shape index (κ2) is 8.01. The highest BCUT2D eigenvalue weighted by molar-refractivity contribution is 7.98. The molecule has 0 aromatic heterocycles. The third kappa shape index (κ3) is 8.77. The zero-order valence-electron chi connectivity index (χ0n) is 10.5. The van der Waals surface area contributed by atoms with Crippen LogP contribution in [0.1, 0.15) is 40.0 Å². The Morgan fingerprint density at radius 2 is 2.13 bits per heavy atom. The number of nitriles is 1. The van der Waals surface area contributed by atoms with Gasteiger partial charge in [-0.1, -0.05) is 13.8 Å². The summed E-state index contributed by atoms with van der Waals surface area (Å²) in [6.45, 7) is 7.68. The molecule has 0 spiro atoms. The van der Waals surface area contributed by atoms with Crippen LogP contribution in [0.15, 0.2) is 0 Å². The summed E-state index contributed by atoms with van der Waals surface area (Å²) in [4.78, 5) is 0. The highest BCUT2D eigenvalue weighted by Gasteiger charge is 2.17. The topological polar surface area (TPSA) is 35.8 Å². The molecule has 0 saturated heterocycles. The van der Waals surface area contributed by atoms with E-state index in [2.05, 4.69) is 38.4 Å². The SMILES string of the molecule is CSCCC(C)NCC(C)(C)CCC#N. The lowest BCUT2D eigenvalue weighted by molar-refractivity contribution is 0.302. The number of thioether (sulfide) groups is 1. The van der Waals surface area contributed by atoms with Gasteiger partial charge in [-0.3, -0.25) is 0 Å². The lowest BCUT2D eigenvalue weighted by Gasteiger charge is -2.26. The molecular weight excluding hydrogens is 204 g/mol. The van der Waals surface area contributed by atoms with Crippen LogP contribution in [0.3, 0.4) is 0 Å². The minimum absolute atomic E-state index is 0.239. The van der Waals surface area contributed by atoms with Gasteiger partial charge in [0, 0.05) is 19.0 Å². The van der Waals surface area contributed by atoms with Crippen LogP contribution in [-0.4, -0.2) is 24.6 Å². The van der Waals surface area contributed by atoms with E-state index in [1.54, 1.807) is 0 Å². The Labute approximate surface area is 98.8 Å². The molecular formula is C12H24N2S. The van der Waals surface area contributed by atoms with Gasteiger partial charge in [0.25, 0.3) is 0 Å². The van der Waals surface area contributed by atoms with E-state index < -0.39 is 0 Å². The Morgan fingerprint density at radius 3 is 2.67 bits per heavy atom. The molecule has 0 bridgehead atoms. The van der Waals surface area contributed by atoms with Crippen LogP contribution < -0.4 is 5.32 Å². The zero-order valence-corrected chi connectivity index (χ0v) is 11.3. The first-order chi connectivity index (χ1) is 7.02. The molecule has 88 valence electrons. The molecule has 0 aliphatic heterocycles. The average molecular weight is 228 g/mol. The summed E-state index contributed by atoms with van der Waals surface area (Å²) in [5, 5.41) is 12.1. The summed E-state index contributed by atoms with van der Waals surface area (Å²) in [7, 11) is 0. The van der Waals surface area contributed by atoms with Crippen LogP contribution >= 0.6 is 11.8 Å². The van der Waals surface area contributed by atoms with Gasteiger partial charge in [0.1, 0.15) is 0 Å². The van der Waals surface area contributed by atoms with Gasteiger partial charge in [0.05, 0.1) is 6.07 Å². The van der Waals surface area contributed by atoms with E-state index in [1.807, 2.05) is 11.8 Å². The zero-order chi connectivity index (χ0) is 11.7. The molecule has 0 aliphatic rings. The number of hydrogen-bond donors (Lipinski definition) is 1. The Bertz CT molecular complexity index is 196. The summed E-state index contributed by atoms with van der Waals surface area (Å²) in [6.07, 6.45) is 5.00. The largest absolute Gasteiger partial charge is 0.314 e. The number of rotatable bonds is 8. The smallest absolute Gasteiger partial charge is 0.0621 e. The van der Waals surface area contributed by atoms with Gasteiger partial charge in [-0.2, -0.15) is 17.0 Å². The minimum atomic E-state index is 0.239.